The van der Waals surface area contributed by atoms with Crippen LogP contribution in [-0.2, 0) is 0 Å². The number of ether oxygens (including phenoxy) is 1. The normalized spacial score (nSPS) is 16.9. The smallest absolute Gasteiger partial charge is 0.294 e. The second kappa shape index (κ2) is 8.88. The molecule has 0 spiro atoms. The molecule has 1 fully saturated rings. The van der Waals surface area contributed by atoms with Gasteiger partial charge in [-0.05, 0) is 61.7 Å². The molecular weight excluding hydrogens is 400 g/mol. The maximum absolute atomic E-state index is 13.5. The molecule has 6 nitrogen and oxygen atoms in total. The summed E-state index contributed by atoms with van der Waals surface area (Å²) in [6.45, 7) is 2.55. The standard InChI is InChI=1S/C23H25ClN4O2/c1-16-25-22(26-28(16)19-11-9-18(24)10-12-19)23(29)27-15-5-3-4-6-21(27)17-7-13-20(30-2)14-8-17/h7-14,21H,3-6,15H2,1-2H3/t21-/m1/s1. The van der Waals surface area contributed by atoms with Crippen molar-refractivity contribution in [2.45, 2.75) is 38.6 Å². The molecule has 1 aliphatic rings. The average Bonchev–Trinajstić information content (AvgIpc) is 2.99. The van der Waals surface area contributed by atoms with E-state index in [-0.39, 0.29) is 17.8 Å². The van der Waals surface area contributed by atoms with E-state index >= 15 is 0 Å². The highest BCUT2D eigenvalue weighted by Gasteiger charge is 2.30. The van der Waals surface area contributed by atoms with Gasteiger partial charge in [0.05, 0.1) is 18.8 Å². The Morgan fingerprint density at radius 3 is 2.50 bits per heavy atom. The molecule has 0 saturated carbocycles. The zero-order chi connectivity index (χ0) is 21.1. The number of aryl methyl sites for hydroxylation is 1. The molecule has 2 heterocycles. The van der Waals surface area contributed by atoms with Gasteiger partial charge in [0.15, 0.2) is 0 Å². The first-order chi connectivity index (χ1) is 14.6. The van der Waals surface area contributed by atoms with Gasteiger partial charge in [0, 0.05) is 11.6 Å². The van der Waals surface area contributed by atoms with Gasteiger partial charge in [-0.3, -0.25) is 4.79 Å². The fourth-order valence-corrected chi connectivity index (χ4v) is 4.09. The quantitative estimate of drug-likeness (QED) is 0.591. The summed E-state index contributed by atoms with van der Waals surface area (Å²) in [5.41, 5.74) is 1.94. The van der Waals surface area contributed by atoms with Crippen LogP contribution in [0.15, 0.2) is 48.5 Å². The lowest BCUT2D eigenvalue weighted by atomic mass is 10.0. The van der Waals surface area contributed by atoms with Crippen molar-refractivity contribution < 1.29 is 9.53 Å². The van der Waals surface area contributed by atoms with E-state index in [0.29, 0.717) is 17.4 Å². The summed E-state index contributed by atoms with van der Waals surface area (Å²) in [6, 6.07) is 15.3. The number of carbonyl (C=O) groups excluding carboxylic acids is 1. The second-order valence-electron chi connectivity index (χ2n) is 7.51. The molecule has 156 valence electrons. The Morgan fingerprint density at radius 1 is 1.07 bits per heavy atom. The maximum Gasteiger partial charge on any atom is 0.294 e. The number of halogens is 1. The van der Waals surface area contributed by atoms with Gasteiger partial charge in [-0.1, -0.05) is 36.6 Å². The minimum atomic E-state index is -0.131. The third-order valence-corrected chi connectivity index (χ3v) is 5.80. The number of hydrogen-bond donors (Lipinski definition) is 0. The minimum absolute atomic E-state index is 0.00805. The van der Waals surface area contributed by atoms with Gasteiger partial charge in [-0.2, -0.15) is 0 Å². The van der Waals surface area contributed by atoms with E-state index in [2.05, 4.69) is 10.1 Å². The van der Waals surface area contributed by atoms with Crippen molar-refractivity contribution in [1.82, 2.24) is 19.7 Å². The van der Waals surface area contributed by atoms with Crippen molar-refractivity contribution in [3.05, 3.63) is 70.8 Å². The van der Waals surface area contributed by atoms with Crippen LogP contribution in [0.5, 0.6) is 5.75 Å². The summed E-state index contributed by atoms with van der Waals surface area (Å²) in [4.78, 5) is 19.9. The van der Waals surface area contributed by atoms with Crippen molar-refractivity contribution >= 4 is 17.5 Å². The molecule has 0 N–H and O–H groups in total. The van der Waals surface area contributed by atoms with Gasteiger partial charge in [-0.15, -0.1) is 5.10 Å². The number of hydrogen-bond acceptors (Lipinski definition) is 4. The lowest BCUT2D eigenvalue weighted by Crippen LogP contribution is -2.35. The molecule has 0 radical (unpaired) electrons. The fourth-order valence-electron chi connectivity index (χ4n) is 3.96. The summed E-state index contributed by atoms with van der Waals surface area (Å²) < 4.78 is 6.96. The van der Waals surface area contributed by atoms with Crippen LogP contribution < -0.4 is 4.74 Å². The highest BCUT2D eigenvalue weighted by molar-refractivity contribution is 6.30. The van der Waals surface area contributed by atoms with Gasteiger partial charge in [0.25, 0.3) is 5.91 Å². The highest BCUT2D eigenvalue weighted by atomic mass is 35.5. The number of rotatable bonds is 4. The molecule has 30 heavy (non-hydrogen) atoms. The third-order valence-electron chi connectivity index (χ3n) is 5.55. The molecule has 1 aromatic heterocycles. The summed E-state index contributed by atoms with van der Waals surface area (Å²) in [6.07, 6.45) is 4.11. The second-order valence-corrected chi connectivity index (χ2v) is 7.94. The van der Waals surface area contributed by atoms with Crippen molar-refractivity contribution in [1.29, 1.82) is 0 Å². The number of aromatic nitrogens is 3. The molecule has 4 rings (SSSR count). The first-order valence-corrected chi connectivity index (χ1v) is 10.6. The summed E-state index contributed by atoms with van der Waals surface area (Å²) in [5.74, 6) is 1.57. The molecule has 1 atom stereocenters. The van der Waals surface area contributed by atoms with Crippen molar-refractivity contribution in [2.24, 2.45) is 0 Å². The van der Waals surface area contributed by atoms with Crippen molar-refractivity contribution in [3.63, 3.8) is 0 Å². The monoisotopic (exact) mass is 424 g/mol. The molecule has 1 saturated heterocycles. The first-order valence-electron chi connectivity index (χ1n) is 10.2. The van der Waals surface area contributed by atoms with Crippen LogP contribution in [0.4, 0.5) is 0 Å². The number of amides is 1. The number of nitrogens with zero attached hydrogens (tertiary/aromatic N) is 4. The van der Waals surface area contributed by atoms with Gasteiger partial charge in [-0.25, -0.2) is 9.67 Å². The third kappa shape index (κ3) is 4.19. The van der Waals surface area contributed by atoms with Crippen LogP contribution in [-0.4, -0.2) is 39.2 Å². The fraction of sp³-hybridized carbons (Fsp3) is 0.348. The molecule has 2 aromatic carbocycles. The van der Waals surface area contributed by atoms with Crippen molar-refractivity contribution in [3.8, 4) is 11.4 Å². The Kier molecular flexibility index (Phi) is 6.04. The van der Waals surface area contributed by atoms with Crippen LogP contribution in [0, 0.1) is 6.92 Å². The van der Waals surface area contributed by atoms with Crippen LogP contribution in [0.2, 0.25) is 5.02 Å². The molecule has 7 heteroatoms. The van der Waals surface area contributed by atoms with E-state index < -0.39 is 0 Å². The Balaban J connectivity index is 1.64. The van der Waals surface area contributed by atoms with Gasteiger partial charge >= 0.3 is 0 Å². The molecule has 1 amide bonds. The Bertz CT molecular complexity index is 1010. The number of likely N-dealkylation sites (tertiary alicyclic amines) is 1. The number of benzene rings is 2. The van der Waals surface area contributed by atoms with E-state index in [9.17, 15) is 4.79 Å². The summed E-state index contributed by atoms with van der Waals surface area (Å²) in [5, 5.41) is 5.17. The van der Waals surface area contributed by atoms with Crippen LogP contribution in [0.1, 0.15) is 53.7 Å². The average molecular weight is 425 g/mol. The highest BCUT2D eigenvalue weighted by Crippen LogP contribution is 2.32. The predicted octanol–water partition coefficient (Wildman–Crippen LogP) is 5.00. The Morgan fingerprint density at radius 2 is 1.80 bits per heavy atom. The lowest BCUT2D eigenvalue weighted by Gasteiger charge is -2.29. The maximum atomic E-state index is 13.5. The molecule has 0 unspecified atom stereocenters. The summed E-state index contributed by atoms with van der Waals surface area (Å²) >= 11 is 5.99. The SMILES string of the molecule is COc1ccc([C@H]2CCCCCN2C(=O)c2nc(C)n(-c3ccc(Cl)cc3)n2)cc1. The molecule has 0 bridgehead atoms. The lowest BCUT2D eigenvalue weighted by molar-refractivity contribution is 0.0668. The van der Waals surface area contributed by atoms with E-state index in [0.717, 1.165) is 42.7 Å². The first kappa shape index (κ1) is 20.4. The summed E-state index contributed by atoms with van der Waals surface area (Å²) in [7, 11) is 1.65. The predicted molar refractivity (Wildman–Crippen MR) is 116 cm³/mol. The van der Waals surface area contributed by atoms with E-state index in [1.54, 1.807) is 23.9 Å². The largest absolute Gasteiger partial charge is 0.497 e. The Hall–Kier alpha value is -2.86. The molecule has 0 aliphatic carbocycles. The zero-order valence-corrected chi connectivity index (χ0v) is 18.0. The van der Waals surface area contributed by atoms with E-state index in [1.165, 1.54) is 0 Å². The van der Waals surface area contributed by atoms with Gasteiger partial charge < -0.3 is 9.64 Å². The van der Waals surface area contributed by atoms with Crippen LogP contribution in [0.25, 0.3) is 5.69 Å². The minimum Gasteiger partial charge on any atom is -0.497 e. The number of methoxy groups -OCH3 is 1. The van der Waals surface area contributed by atoms with Gasteiger partial charge in [0.1, 0.15) is 11.6 Å². The van der Waals surface area contributed by atoms with Crippen LogP contribution in [0.3, 0.4) is 0 Å². The van der Waals surface area contributed by atoms with Gasteiger partial charge in [0.2, 0.25) is 5.82 Å². The molecule has 3 aromatic rings. The van der Waals surface area contributed by atoms with Crippen molar-refractivity contribution in [2.75, 3.05) is 13.7 Å². The van der Waals surface area contributed by atoms with Crippen LogP contribution >= 0.6 is 11.6 Å². The van der Waals surface area contributed by atoms with E-state index in [1.807, 2.05) is 48.2 Å². The number of carbonyl (C=O) groups is 1. The van der Waals surface area contributed by atoms with E-state index in [4.69, 9.17) is 16.3 Å². The molecule has 1 aliphatic heterocycles. The zero-order valence-electron chi connectivity index (χ0n) is 17.2. The topological polar surface area (TPSA) is 60.2 Å². The Labute approximate surface area is 181 Å². The molecular formula is C23H25ClN4O2.